The molecule has 0 spiro atoms. The van der Waals surface area contributed by atoms with Gasteiger partial charge >= 0.3 is 0 Å². The fourth-order valence-electron chi connectivity index (χ4n) is 2.28. The van der Waals surface area contributed by atoms with Crippen molar-refractivity contribution in [2.24, 2.45) is 0 Å². The smallest absolute Gasteiger partial charge is 0.171 e. The average Bonchev–Trinajstić information content (AvgIpc) is 2.60. The van der Waals surface area contributed by atoms with Gasteiger partial charge < -0.3 is 24.8 Å². The molecule has 26 heavy (non-hydrogen) atoms. The van der Waals surface area contributed by atoms with Gasteiger partial charge in [-0.25, -0.2) is 0 Å². The molecule has 2 rings (SSSR count). The van der Waals surface area contributed by atoms with Crippen LogP contribution in [0.1, 0.15) is 19.4 Å². The molecule has 2 aromatic carbocycles. The van der Waals surface area contributed by atoms with Gasteiger partial charge in [0.25, 0.3) is 0 Å². The van der Waals surface area contributed by atoms with Crippen LogP contribution in [0.2, 0.25) is 5.02 Å². The number of thiocarbonyl (C=S) groups is 1. The van der Waals surface area contributed by atoms with Crippen LogP contribution in [-0.4, -0.2) is 25.4 Å². The van der Waals surface area contributed by atoms with Gasteiger partial charge in [0, 0.05) is 12.2 Å². The number of rotatable bonds is 7. The highest BCUT2D eigenvalue weighted by molar-refractivity contribution is 7.80. The molecule has 0 atom stereocenters. The van der Waals surface area contributed by atoms with E-state index >= 15 is 0 Å². The highest BCUT2D eigenvalue weighted by Gasteiger charge is 2.08. The van der Waals surface area contributed by atoms with E-state index < -0.39 is 0 Å². The van der Waals surface area contributed by atoms with Crippen LogP contribution in [0.25, 0.3) is 0 Å². The first kappa shape index (κ1) is 20.1. The van der Waals surface area contributed by atoms with Crippen molar-refractivity contribution in [2.45, 2.75) is 26.5 Å². The summed E-state index contributed by atoms with van der Waals surface area (Å²) in [5.41, 5.74) is 1.81. The number of hydrogen-bond donors (Lipinski definition) is 2. The third-order valence-electron chi connectivity index (χ3n) is 3.45. The molecule has 0 aliphatic heterocycles. The number of hydrogen-bond acceptors (Lipinski definition) is 4. The summed E-state index contributed by atoms with van der Waals surface area (Å²) in [7, 11) is 3.20. The van der Waals surface area contributed by atoms with Crippen molar-refractivity contribution in [3.05, 3.63) is 47.0 Å². The maximum atomic E-state index is 6.12. The Morgan fingerprint density at radius 3 is 2.35 bits per heavy atom. The lowest BCUT2D eigenvalue weighted by Crippen LogP contribution is -2.27. The zero-order valence-electron chi connectivity index (χ0n) is 15.3. The second-order valence-corrected chi connectivity index (χ2v) is 6.62. The van der Waals surface area contributed by atoms with Crippen molar-refractivity contribution in [1.82, 2.24) is 5.32 Å². The molecule has 0 radical (unpaired) electrons. The first-order chi connectivity index (χ1) is 12.4. The van der Waals surface area contributed by atoms with Crippen LogP contribution < -0.4 is 24.8 Å². The maximum Gasteiger partial charge on any atom is 0.171 e. The van der Waals surface area contributed by atoms with E-state index in [0.29, 0.717) is 28.2 Å². The van der Waals surface area contributed by atoms with Gasteiger partial charge in [0.2, 0.25) is 0 Å². The standard InChI is InChI=1S/C19H23ClN2O3S/c1-12(2)25-17-7-5-13(9-18(17)24-4)11-21-19(26)22-14-6-8-16(23-3)15(20)10-14/h5-10,12H,11H2,1-4H3,(H2,21,22,26). The zero-order chi connectivity index (χ0) is 19.1. The number of benzene rings is 2. The van der Waals surface area contributed by atoms with Crippen LogP contribution in [0.3, 0.4) is 0 Å². The van der Waals surface area contributed by atoms with E-state index in [4.69, 9.17) is 38.0 Å². The molecule has 0 saturated heterocycles. The molecule has 0 amide bonds. The summed E-state index contributed by atoms with van der Waals surface area (Å²) < 4.78 is 16.3. The van der Waals surface area contributed by atoms with Crippen LogP contribution in [0, 0.1) is 0 Å². The van der Waals surface area contributed by atoms with Crippen molar-refractivity contribution in [3.63, 3.8) is 0 Å². The Balaban J connectivity index is 1.95. The minimum absolute atomic E-state index is 0.0842. The zero-order valence-corrected chi connectivity index (χ0v) is 16.8. The molecule has 2 N–H and O–H groups in total. The Labute approximate surface area is 164 Å². The predicted octanol–water partition coefficient (Wildman–Crippen LogP) is 4.63. The minimum atomic E-state index is 0.0842. The van der Waals surface area contributed by atoms with Crippen LogP contribution in [0.5, 0.6) is 17.2 Å². The molecule has 5 nitrogen and oxygen atoms in total. The lowest BCUT2D eigenvalue weighted by molar-refractivity contribution is 0.230. The van der Waals surface area contributed by atoms with Crippen molar-refractivity contribution in [2.75, 3.05) is 19.5 Å². The van der Waals surface area contributed by atoms with E-state index in [0.717, 1.165) is 17.0 Å². The predicted molar refractivity (Wildman–Crippen MR) is 110 cm³/mol. The Hall–Kier alpha value is -2.18. The quantitative estimate of drug-likeness (QED) is 0.668. The largest absolute Gasteiger partial charge is 0.495 e. The molecular formula is C19H23ClN2O3S. The summed E-state index contributed by atoms with van der Waals surface area (Å²) >= 11 is 11.4. The second-order valence-electron chi connectivity index (χ2n) is 5.81. The third-order valence-corrected chi connectivity index (χ3v) is 4.00. The van der Waals surface area contributed by atoms with Gasteiger partial charge in [-0.2, -0.15) is 0 Å². The van der Waals surface area contributed by atoms with E-state index in [1.54, 1.807) is 26.4 Å². The molecule has 2 aromatic rings. The maximum absolute atomic E-state index is 6.12. The van der Waals surface area contributed by atoms with E-state index in [2.05, 4.69) is 10.6 Å². The Morgan fingerprint density at radius 1 is 1.04 bits per heavy atom. The Morgan fingerprint density at radius 2 is 1.73 bits per heavy atom. The molecule has 0 aliphatic carbocycles. The van der Waals surface area contributed by atoms with Crippen LogP contribution in [0.4, 0.5) is 5.69 Å². The first-order valence-corrected chi connectivity index (χ1v) is 8.93. The van der Waals surface area contributed by atoms with E-state index in [-0.39, 0.29) is 6.10 Å². The fraction of sp³-hybridized carbons (Fsp3) is 0.316. The van der Waals surface area contributed by atoms with Crippen molar-refractivity contribution in [1.29, 1.82) is 0 Å². The molecule has 0 aromatic heterocycles. The van der Waals surface area contributed by atoms with Crippen molar-refractivity contribution >= 4 is 34.6 Å². The molecule has 140 valence electrons. The van der Waals surface area contributed by atoms with Crippen LogP contribution in [0.15, 0.2) is 36.4 Å². The molecule has 0 fully saturated rings. The molecule has 7 heteroatoms. The van der Waals surface area contributed by atoms with Crippen molar-refractivity contribution in [3.8, 4) is 17.2 Å². The van der Waals surface area contributed by atoms with Gasteiger partial charge in [-0.1, -0.05) is 17.7 Å². The summed E-state index contributed by atoms with van der Waals surface area (Å²) in [5, 5.41) is 7.26. The SMILES string of the molecule is COc1ccc(NC(=S)NCc2ccc(OC(C)C)c(OC)c2)cc1Cl. The van der Waals surface area contributed by atoms with Crippen LogP contribution in [-0.2, 0) is 6.54 Å². The molecule has 0 saturated carbocycles. The highest BCUT2D eigenvalue weighted by atomic mass is 35.5. The summed E-state index contributed by atoms with van der Waals surface area (Å²) in [4.78, 5) is 0. The number of halogens is 1. The topological polar surface area (TPSA) is 51.8 Å². The normalized spacial score (nSPS) is 10.4. The third kappa shape index (κ3) is 5.68. The summed E-state index contributed by atoms with van der Waals surface area (Å²) in [5.74, 6) is 2.03. The summed E-state index contributed by atoms with van der Waals surface area (Å²) in [6.07, 6.45) is 0.0842. The number of anilines is 1. The molecule has 0 heterocycles. The number of ether oxygens (including phenoxy) is 3. The monoisotopic (exact) mass is 394 g/mol. The number of nitrogens with one attached hydrogen (secondary N) is 2. The van der Waals surface area contributed by atoms with Gasteiger partial charge in [-0.05, 0) is 62.0 Å². The lowest BCUT2D eigenvalue weighted by Gasteiger charge is -2.15. The van der Waals surface area contributed by atoms with Gasteiger partial charge in [-0.15, -0.1) is 0 Å². The van der Waals surface area contributed by atoms with E-state index in [1.807, 2.05) is 38.1 Å². The highest BCUT2D eigenvalue weighted by Crippen LogP contribution is 2.29. The number of methoxy groups -OCH3 is 2. The molecule has 0 aliphatic rings. The average molecular weight is 395 g/mol. The molecular weight excluding hydrogens is 372 g/mol. The van der Waals surface area contributed by atoms with Gasteiger partial charge in [-0.3, -0.25) is 0 Å². The molecule has 0 unspecified atom stereocenters. The minimum Gasteiger partial charge on any atom is -0.495 e. The Bertz CT molecular complexity index is 768. The summed E-state index contributed by atoms with van der Waals surface area (Å²) in [6, 6.07) is 11.2. The van der Waals surface area contributed by atoms with Crippen LogP contribution >= 0.6 is 23.8 Å². The molecule has 0 bridgehead atoms. The van der Waals surface area contributed by atoms with Gasteiger partial charge in [0.05, 0.1) is 25.3 Å². The fourth-order valence-corrected chi connectivity index (χ4v) is 2.72. The first-order valence-electron chi connectivity index (χ1n) is 8.15. The van der Waals surface area contributed by atoms with Gasteiger partial charge in [0.15, 0.2) is 16.6 Å². The second kappa shape index (κ2) is 9.50. The van der Waals surface area contributed by atoms with E-state index in [9.17, 15) is 0 Å². The Kier molecular flexibility index (Phi) is 7.36. The summed E-state index contributed by atoms with van der Waals surface area (Å²) in [6.45, 7) is 4.50. The van der Waals surface area contributed by atoms with Gasteiger partial charge in [0.1, 0.15) is 5.75 Å². The van der Waals surface area contributed by atoms with Crippen molar-refractivity contribution < 1.29 is 14.2 Å². The van der Waals surface area contributed by atoms with E-state index in [1.165, 1.54) is 0 Å². The lowest BCUT2D eigenvalue weighted by atomic mass is 10.2.